The molecule has 4 heteroatoms. The number of nitrogens with one attached hydrogen (secondary N) is 1. The first kappa shape index (κ1) is 13.5. The third kappa shape index (κ3) is 2.46. The van der Waals surface area contributed by atoms with Crippen LogP contribution in [0.25, 0.3) is 0 Å². The van der Waals surface area contributed by atoms with Gasteiger partial charge in [-0.2, -0.15) is 0 Å². The van der Waals surface area contributed by atoms with E-state index < -0.39 is 0 Å². The molecule has 1 heterocycles. The maximum atomic E-state index is 5.63. The summed E-state index contributed by atoms with van der Waals surface area (Å²) < 4.78 is 5.63. The van der Waals surface area contributed by atoms with Gasteiger partial charge in [-0.05, 0) is 51.5 Å². The highest BCUT2D eigenvalue weighted by Gasteiger charge is 2.40. The Morgan fingerprint density at radius 3 is 3.05 bits per heavy atom. The normalized spacial score (nSPS) is 30.5. The molecule has 2 unspecified atom stereocenters. The Morgan fingerprint density at radius 1 is 1.42 bits per heavy atom. The fourth-order valence-corrected chi connectivity index (χ4v) is 4.94. The molecule has 0 aromatic carbocycles. The second-order valence-electron chi connectivity index (χ2n) is 5.81. The molecule has 1 fully saturated rings. The Bertz CT molecular complexity index is 420. The van der Waals surface area contributed by atoms with Gasteiger partial charge in [0.05, 0.1) is 17.3 Å². The number of aryl methyl sites for hydroxylation is 2. The van der Waals surface area contributed by atoms with Gasteiger partial charge in [0.15, 0.2) is 0 Å². The number of hydrogen-bond donors (Lipinski definition) is 1. The van der Waals surface area contributed by atoms with Crippen LogP contribution in [0.1, 0.15) is 54.6 Å². The Kier molecular flexibility index (Phi) is 3.92. The summed E-state index contributed by atoms with van der Waals surface area (Å²) in [5.74, 6) is 0. The zero-order valence-electron chi connectivity index (χ0n) is 12.0. The third-order valence-electron chi connectivity index (χ3n) is 4.56. The van der Waals surface area contributed by atoms with Crippen molar-refractivity contribution < 1.29 is 4.74 Å². The molecule has 19 heavy (non-hydrogen) atoms. The van der Waals surface area contributed by atoms with Crippen LogP contribution >= 0.6 is 11.3 Å². The lowest BCUT2D eigenvalue weighted by molar-refractivity contribution is 0.0296. The molecular weight excluding hydrogens is 256 g/mol. The largest absolute Gasteiger partial charge is 0.381 e. The minimum Gasteiger partial charge on any atom is -0.381 e. The monoisotopic (exact) mass is 280 g/mol. The molecular formula is C15H24N2OS. The highest BCUT2D eigenvalue weighted by molar-refractivity contribution is 7.12. The van der Waals surface area contributed by atoms with Crippen LogP contribution in [0.2, 0.25) is 0 Å². The van der Waals surface area contributed by atoms with Gasteiger partial charge in [0, 0.05) is 12.0 Å². The number of nitrogens with zero attached hydrogens (tertiary/aromatic N) is 1. The van der Waals surface area contributed by atoms with Crippen molar-refractivity contribution in [1.82, 2.24) is 10.3 Å². The zero-order chi connectivity index (χ0) is 13.3. The van der Waals surface area contributed by atoms with Gasteiger partial charge in [-0.1, -0.05) is 6.92 Å². The van der Waals surface area contributed by atoms with Crippen LogP contribution in [0.3, 0.4) is 0 Å². The third-order valence-corrected chi connectivity index (χ3v) is 5.92. The SMILES string of the molecule is CCNC1(c2nc3c(s2)CCC3)CCCC(OC)C1. The van der Waals surface area contributed by atoms with Crippen molar-refractivity contribution in [3.8, 4) is 0 Å². The summed E-state index contributed by atoms with van der Waals surface area (Å²) in [6, 6.07) is 0. The quantitative estimate of drug-likeness (QED) is 0.920. The number of fused-ring (bicyclic) bond motifs is 1. The van der Waals surface area contributed by atoms with Crippen LogP contribution in [-0.4, -0.2) is 24.7 Å². The van der Waals surface area contributed by atoms with Crippen molar-refractivity contribution >= 4 is 11.3 Å². The summed E-state index contributed by atoms with van der Waals surface area (Å²) in [7, 11) is 1.84. The van der Waals surface area contributed by atoms with Gasteiger partial charge in [-0.3, -0.25) is 0 Å². The second-order valence-corrected chi connectivity index (χ2v) is 6.89. The van der Waals surface area contributed by atoms with Gasteiger partial charge in [0.1, 0.15) is 5.01 Å². The number of hydrogen-bond acceptors (Lipinski definition) is 4. The van der Waals surface area contributed by atoms with Crippen molar-refractivity contribution in [2.45, 2.75) is 63.5 Å². The van der Waals surface area contributed by atoms with Gasteiger partial charge in [-0.25, -0.2) is 4.98 Å². The van der Waals surface area contributed by atoms with Crippen LogP contribution in [-0.2, 0) is 23.1 Å². The standard InChI is InChI=1S/C15H24N2OS/c1-3-16-15(9-5-6-11(10-15)18-2)14-17-12-7-4-8-13(12)19-14/h11,16H,3-10H2,1-2H3. The highest BCUT2D eigenvalue weighted by Crippen LogP contribution is 2.42. The number of ether oxygens (including phenoxy) is 1. The highest BCUT2D eigenvalue weighted by atomic mass is 32.1. The number of methoxy groups -OCH3 is 1. The minimum absolute atomic E-state index is 0.0721. The van der Waals surface area contributed by atoms with Crippen LogP contribution in [0, 0.1) is 0 Å². The first-order chi connectivity index (χ1) is 9.27. The Hall–Kier alpha value is -0.450. The summed E-state index contributed by atoms with van der Waals surface area (Å²) in [5, 5.41) is 5.06. The van der Waals surface area contributed by atoms with E-state index in [0.717, 1.165) is 13.0 Å². The van der Waals surface area contributed by atoms with Crippen LogP contribution in [0.5, 0.6) is 0 Å². The van der Waals surface area contributed by atoms with E-state index in [2.05, 4.69) is 12.2 Å². The molecule has 1 aromatic heterocycles. The van der Waals surface area contributed by atoms with E-state index in [9.17, 15) is 0 Å². The summed E-state index contributed by atoms with van der Waals surface area (Å²) in [5.41, 5.74) is 1.44. The molecule has 0 bridgehead atoms. The lowest BCUT2D eigenvalue weighted by atomic mass is 9.80. The predicted octanol–water partition coefficient (Wildman–Crippen LogP) is 3.03. The molecule has 0 spiro atoms. The Morgan fingerprint density at radius 2 is 2.32 bits per heavy atom. The van der Waals surface area contributed by atoms with Crippen LogP contribution in [0.15, 0.2) is 0 Å². The fraction of sp³-hybridized carbons (Fsp3) is 0.800. The summed E-state index contributed by atoms with van der Waals surface area (Å²) in [6.45, 7) is 3.19. The molecule has 3 rings (SSSR count). The van der Waals surface area contributed by atoms with Crippen molar-refractivity contribution in [2.24, 2.45) is 0 Å². The van der Waals surface area contributed by atoms with Crippen LogP contribution in [0.4, 0.5) is 0 Å². The van der Waals surface area contributed by atoms with Crippen LogP contribution < -0.4 is 5.32 Å². The van der Waals surface area contributed by atoms with Crippen molar-refractivity contribution in [1.29, 1.82) is 0 Å². The molecule has 106 valence electrons. The maximum Gasteiger partial charge on any atom is 0.113 e. The molecule has 0 radical (unpaired) electrons. The molecule has 1 N–H and O–H groups in total. The molecule has 2 aliphatic carbocycles. The first-order valence-corrected chi connectivity index (χ1v) is 8.36. The molecule has 0 saturated heterocycles. The molecule has 0 aliphatic heterocycles. The molecule has 2 aliphatic rings. The van der Waals surface area contributed by atoms with E-state index in [1.54, 1.807) is 0 Å². The first-order valence-electron chi connectivity index (χ1n) is 7.54. The zero-order valence-corrected chi connectivity index (χ0v) is 12.8. The van der Waals surface area contributed by atoms with Crippen molar-refractivity contribution in [3.05, 3.63) is 15.6 Å². The van der Waals surface area contributed by atoms with E-state index >= 15 is 0 Å². The number of thiazole rings is 1. The lowest BCUT2D eigenvalue weighted by Crippen LogP contribution is -2.47. The average Bonchev–Trinajstić information content (AvgIpc) is 3.00. The molecule has 0 amide bonds. The summed E-state index contributed by atoms with van der Waals surface area (Å²) >= 11 is 1.95. The lowest BCUT2D eigenvalue weighted by Gasteiger charge is -2.39. The number of rotatable bonds is 4. The smallest absolute Gasteiger partial charge is 0.113 e. The minimum atomic E-state index is 0.0721. The fourth-order valence-electron chi connectivity index (χ4n) is 3.59. The van der Waals surface area contributed by atoms with Gasteiger partial charge >= 0.3 is 0 Å². The summed E-state index contributed by atoms with van der Waals surface area (Å²) in [6.07, 6.45) is 8.79. The average molecular weight is 280 g/mol. The van der Waals surface area contributed by atoms with E-state index in [0.29, 0.717) is 6.10 Å². The molecule has 1 saturated carbocycles. The summed E-state index contributed by atoms with van der Waals surface area (Å²) in [4.78, 5) is 6.51. The van der Waals surface area contributed by atoms with E-state index in [1.807, 2.05) is 18.4 Å². The van der Waals surface area contributed by atoms with E-state index in [-0.39, 0.29) is 5.54 Å². The van der Waals surface area contributed by atoms with Gasteiger partial charge in [0.25, 0.3) is 0 Å². The molecule has 2 atom stereocenters. The van der Waals surface area contributed by atoms with Gasteiger partial charge < -0.3 is 10.1 Å². The second kappa shape index (κ2) is 5.51. The van der Waals surface area contributed by atoms with Gasteiger partial charge in [0.2, 0.25) is 0 Å². The number of aromatic nitrogens is 1. The van der Waals surface area contributed by atoms with E-state index in [1.165, 1.54) is 54.1 Å². The Balaban J connectivity index is 1.90. The van der Waals surface area contributed by atoms with Gasteiger partial charge in [-0.15, -0.1) is 11.3 Å². The molecule has 1 aromatic rings. The van der Waals surface area contributed by atoms with Crippen molar-refractivity contribution in [3.63, 3.8) is 0 Å². The molecule has 3 nitrogen and oxygen atoms in total. The van der Waals surface area contributed by atoms with E-state index in [4.69, 9.17) is 9.72 Å². The topological polar surface area (TPSA) is 34.2 Å². The van der Waals surface area contributed by atoms with Crippen molar-refractivity contribution in [2.75, 3.05) is 13.7 Å². The maximum absolute atomic E-state index is 5.63. The predicted molar refractivity (Wildman–Crippen MR) is 78.8 cm³/mol. The Labute approximate surface area is 119 Å².